The fraction of sp³-hybridized carbons (Fsp3) is 0.167. The topological polar surface area (TPSA) is 135 Å². The van der Waals surface area contributed by atoms with Crippen molar-refractivity contribution in [2.75, 3.05) is 34.4 Å². The number of hydrogen-bond acceptors (Lipinski definition) is 7. The average Bonchev–Trinajstić information content (AvgIpc) is 3.39. The fourth-order valence-electron chi connectivity index (χ4n) is 4.51. The molecule has 0 spiro atoms. The van der Waals surface area contributed by atoms with E-state index >= 15 is 0 Å². The summed E-state index contributed by atoms with van der Waals surface area (Å²) in [5.41, 5.74) is -2.10. The fourth-order valence-corrected chi connectivity index (χ4v) is 4.51. The van der Waals surface area contributed by atoms with Gasteiger partial charge in [-0.1, -0.05) is 18.2 Å². The minimum Gasteiger partial charge on any atom is -0.447 e. The van der Waals surface area contributed by atoms with Crippen LogP contribution >= 0.6 is 0 Å². The zero-order valence-corrected chi connectivity index (χ0v) is 25.1. The first-order valence-corrected chi connectivity index (χ1v) is 13.9. The van der Waals surface area contributed by atoms with E-state index in [0.29, 0.717) is 28.4 Å². The molecule has 5 aromatic rings. The van der Waals surface area contributed by atoms with Crippen molar-refractivity contribution in [1.82, 2.24) is 19.7 Å². The number of anilines is 4. The molecule has 11 nitrogen and oxygen atoms in total. The van der Waals surface area contributed by atoms with E-state index in [2.05, 4.69) is 25.7 Å². The zero-order valence-electron chi connectivity index (χ0n) is 25.1. The quantitative estimate of drug-likeness (QED) is 0.0577. The lowest BCUT2D eigenvalue weighted by Crippen LogP contribution is -2.22. The molecule has 2 aromatic heterocycles. The summed E-state index contributed by atoms with van der Waals surface area (Å²) < 4.78 is 114. The largest absolute Gasteiger partial charge is 0.447 e. The summed E-state index contributed by atoms with van der Waals surface area (Å²) in [5, 5.41) is 14.0. The number of fused-ring (bicyclic) bond motifs is 1. The number of nitrogens with zero attached hydrogens (tertiary/aromatic N) is 4. The van der Waals surface area contributed by atoms with Crippen LogP contribution < -0.4 is 21.3 Å². The molecule has 0 bridgehead atoms. The van der Waals surface area contributed by atoms with Crippen LogP contribution in [-0.4, -0.2) is 45.0 Å². The normalized spacial score (nSPS) is 11.4. The Balaban J connectivity index is 1.18. The Hall–Kier alpha value is -6.01. The predicted octanol–water partition coefficient (Wildman–Crippen LogP) is 7.36. The van der Waals surface area contributed by atoms with Crippen molar-refractivity contribution >= 4 is 46.2 Å². The number of benzene rings is 3. The van der Waals surface area contributed by atoms with Crippen LogP contribution in [0.2, 0.25) is 0 Å². The Morgan fingerprint density at radius 3 is 2.27 bits per heavy atom. The van der Waals surface area contributed by atoms with Gasteiger partial charge in [-0.25, -0.2) is 41.2 Å². The third-order valence-electron chi connectivity index (χ3n) is 6.90. The molecule has 3 amide bonds. The van der Waals surface area contributed by atoms with Gasteiger partial charge in [0.2, 0.25) is 5.95 Å². The molecule has 19 heteroatoms. The smallest absolute Gasteiger partial charge is 0.419 e. The van der Waals surface area contributed by atoms with Gasteiger partial charge in [-0.05, 0) is 31.2 Å². The molecule has 2 heterocycles. The molecule has 3 aromatic carbocycles. The van der Waals surface area contributed by atoms with Gasteiger partial charge in [0, 0.05) is 30.1 Å². The molecular formula is C30H22F8N8O3. The number of aryl methyl sites for hydroxylation is 1. The monoisotopic (exact) mass is 694 g/mol. The molecule has 0 saturated carbocycles. The maximum atomic E-state index is 14.1. The van der Waals surface area contributed by atoms with Crippen LogP contribution in [0.5, 0.6) is 0 Å². The van der Waals surface area contributed by atoms with E-state index in [4.69, 9.17) is 4.74 Å². The van der Waals surface area contributed by atoms with Gasteiger partial charge in [-0.2, -0.15) is 23.3 Å². The van der Waals surface area contributed by atoms with Gasteiger partial charge in [0.1, 0.15) is 12.3 Å². The summed E-state index contributed by atoms with van der Waals surface area (Å²) in [5.74, 6) is -8.98. The number of halogens is 8. The standard InChI is InChI=1S/C30H22F8N8O3/c1-13-19(31)21(33)22(34)23(35)24(13)43-28(47)41-15-8-6-14(7-9-15)25-16-12-40-27(44-26(16)46(2)45-25)39-10-11-49-29(48)42-18-5-3-4-17(20(18)32)30(36,37)38/h3-9,12H,10-11H2,1-2H3,(H,42,48)(H,39,40,44)(H2,41,43,47). The number of alkyl halides is 3. The van der Waals surface area contributed by atoms with E-state index in [1.807, 2.05) is 10.6 Å². The number of aromatic nitrogens is 4. The molecule has 5 rings (SSSR count). The Morgan fingerprint density at radius 2 is 1.57 bits per heavy atom. The SMILES string of the molecule is Cc1c(F)c(F)c(F)c(F)c1NC(=O)Nc1ccc(-c2nn(C)c3nc(NCCOC(=O)Nc4cccc(C(F)(F)F)c4F)ncc23)cc1. The van der Waals surface area contributed by atoms with E-state index in [9.17, 15) is 44.7 Å². The van der Waals surface area contributed by atoms with Gasteiger partial charge in [0.05, 0.1) is 28.9 Å². The highest BCUT2D eigenvalue weighted by molar-refractivity contribution is 6.00. The van der Waals surface area contributed by atoms with Gasteiger partial charge >= 0.3 is 18.3 Å². The molecular weight excluding hydrogens is 672 g/mol. The Morgan fingerprint density at radius 1 is 0.878 bits per heavy atom. The number of rotatable bonds is 8. The third kappa shape index (κ3) is 7.29. The van der Waals surface area contributed by atoms with Crippen LogP contribution in [0.15, 0.2) is 48.7 Å². The maximum Gasteiger partial charge on any atom is 0.419 e. The van der Waals surface area contributed by atoms with Gasteiger partial charge in [0.25, 0.3) is 0 Å². The first kappa shape index (κ1) is 34.3. The van der Waals surface area contributed by atoms with E-state index in [0.717, 1.165) is 19.1 Å². The summed E-state index contributed by atoms with van der Waals surface area (Å²) in [6, 6.07) is 7.49. The summed E-state index contributed by atoms with van der Waals surface area (Å²) >= 11 is 0. The minimum atomic E-state index is -4.95. The minimum absolute atomic E-state index is 0.0198. The Bertz CT molecular complexity index is 2040. The van der Waals surface area contributed by atoms with Crippen molar-refractivity contribution in [2.24, 2.45) is 7.05 Å². The van der Waals surface area contributed by atoms with Gasteiger partial charge in [-0.15, -0.1) is 0 Å². The highest BCUT2D eigenvalue weighted by Crippen LogP contribution is 2.34. The van der Waals surface area contributed by atoms with Crippen molar-refractivity contribution in [3.05, 3.63) is 88.9 Å². The maximum absolute atomic E-state index is 14.1. The molecule has 0 aliphatic rings. The molecule has 256 valence electrons. The second-order valence-corrected chi connectivity index (χ2v) is 10.2. The van der Waals surface area contributed by atoms with Crippen LogP contribution in [0.4, 0.5) is 67.7 Å². The van der Waals surface area contributed by atoms with Crippen LogP contribution in [0.3, 0.4) is 0 Å². The van der Waals surface area contributed by atoms with E-state index in [1.54, 1.807) is 19.2 Å². The van der Waals surface area contributed by atoms with Crippen LogP contribution in [-0.2, 0) is 18.0 Å². The highest BCUT2D eigenvalue weighted by Gasteiger charge is 2.35. The molecule has 0 unspecified atom stereocenters. The first-order valence-electron chi connectivity index (χ1n) is 13.9. The second-order valence-electron chi connectivity index (χ2n) is 10.2. The Labute approximate surface area is 270 Å². The number of amides is 3. The number of carbonyl (C=O) groups excluding carboxylic acids is 2. The lowest BCUT2D eigenvalue weighted by molar-refractivity contribution is -0.139. The number of hydrogen-bond donors (Lipinski definition) is 4. The molecule has 0 aliphatic carbocycles. The van der Waals surface area contributed by atoms with Crippen LogP contribution in [0.25, 0.3) is 22.3 Å². The molecule has 0 atom stereocenters. The van der Waals surface area contributed by atoms with Gasteiger partial charge in [-0.3, -0.25) is 5.32 Å². The summed E-state index contributed by atoms with van der Waals surface area (Å²) in [6.45, 7) is 0.671. The van der Waals surface area contributed by atoms with Crippen molar-refractivity contribution in [1.29, 1.82) is 0 Å². The number of ether oxygens (including phenoxy) is 1. The molecule has 0 aliphatic heterocycles. The summed E-state index contributed by atoms with van der Waals surface area (Å²) in [6.07, 6.45) is -4.66. The first-order chi connectivity index (χ1) is 23.1. The van der Waals surface area contributed by atoms with Crippen molar-refractivity contribution in [2.45, 2.75) is 13.1 Å². The molecule has 0 radical (unpaired) electrons. The zero-order chi connectivity index (χ0) is 35.6. The third-order valence-corrected chi connectivity index (χ3v) is 6.90. The highest BCUT2D eigenvalue weighted by atomic mass is 19.4. The molecule has 0 fully saturated rings. The van der Waals surface area contributed by atoms with Crippen molar-refractivity contribution in [3.8, 4) is 11.3 Å². The summed E-state index contributed by atoms with van der Waals surface area (Å²) in [4.78, 5) is 32.9. The lowest BCUT2D eigenvalue weighted by atomic mass is 10.1. The van der Waals surface area contributed by atoms with Gasteiger partial charge < -0.3 is 20.7 Å². The Kier molecular flexibility index (Phi) is 9.54. The van der Waals surface area contributed by atoms with E-state index in [1.165, 1.54) is 23.0 Å². The lowest BCUT2D eigenvalue weighted by Gasteiger charge is -2.13. The van der Waals surface area contributed by atoms with E-state index < -0.39 is 69.9 Å². The molecule has 49 heavy (non-hydrogen) atoms. The molecule has 4 N–H and O–H groups in total. The van der Waals surface area contributed by atoms with Gasteiger partial charge in [0.15, 0.2) is 34.7 Å². The van der Waals surface area contributed by atoms with Crippen LogP contribution in [0, 0.1) is 36.0 Å². The number of carbonyl (C=O) groups is 2. The number of nitrogens with one attached hydrogen (secondary N) is 4. The molecule has 0 saturated heterocycles. The van der Waals surface area contributed by atoms with Crippen LogP contribution in [0.1, 0.15) is 11.1 Å². The van der Waals surface area contributed by atoms with Crippen molar-refractivity contribution < 1.29 is 49.4 Å². The number of urea groups is 1. The summed E-state index contributed by atoms with van der Waals surface area (Å²) in [7, 11) is 1.62. The van der Waals surface area contributed by atoms with Crippen molar-refractivity contribution in [3.63, 3.8) is 0 Å². The predicted molar refractivity (Wildman–Crippen MR) is 160 cm³/mol. The van der Waals surface area contributed by atoms with E-state index in [-0.39, 0.29) is 24.8 Å². The second kappa shape index (κ2) is 13.6. The average molecular weight is 695 g/mol.